The molecular weight excluding hydrogens is 188 g/mol. The third kappa shape index (κ3) is 1.66. The minimum Gasteiger partial charge on any atom is -0.390 e. The van der Waals surface area contributed by atoms with E-state index in [1.807, 2.05) is 0 Å². The van der Waals surface area contributed by atoms with Gasteiger partial charge in [-0.1, -0.05) is 0 Å². The molecule has 0 spiro atoms. The van der Waals surface area contributed by atoms with E-state index in [0.717, 1.165) is 0 Å². The number of rotatable bonds is 1. The first-order valence-electron chi connectivity index (χ1n) is 4.81. The lowest BCUT2D eigenvalue weighted by atomic mass is 9.90. The van der Waals surface area contributed by atoms with Crippen molar-refractivity contribution in [2.75, 3.05) is 7.11 Å². The van der Waals surface area contributed by atoms with Crippen LogP contribution >= 0.6 is 0 Å². The van der Waals surface area contributed by atoms with E-state index in [2.05, 4.69) is 0 Å². The van der Waals surface area contributed by atoms with Crippen LogP contribution in [0.15, 0.2) is 0 Å². The van der Waals surface area contributed by atoms with Gasteiger partial charge in [0.05, 0.1) is 24.4 Å². The van der Waals surface area contributed by atoms with Crippen molar-refractivity contribution in [1.82, 2.24) is 0 Å². The van der Waals surface area contributed by atoms with Crippen molar-refractivity contribution < 1.29 is 24.4 Å². The zero-order valence-electron chi connectivity index (χ0n) is 8.34. The molecule has 0 aromatic rings. The first-order chi connectivity index (χ1) is 6.54. The second-order valence-electron chi connectivity index (χ2n) is 3.99. The maximum Gasteiger partial charge on any atom is 0.280 e. The van der Waals surface area contributed by atoms with Crippen molar-refractivity contribution in [3.8, 4) is 0 Å². The molecule has 2 fully saturated rings. The molecule has 2 N–H and O–H groups in total. The molecule has 1 heterocycles. The van der Waals surface area contributed by atoms with Gasteiger partial charge in [-0.15, -0.1) is 0 Å². The zero-order valence-corrected chi connectivity index (χ0v) is 8.34. The van der Waals surface area contributed by atoms with Gasteiger partial charge in [-0.25, -0.2) is 0 Å². The minimum absolute atomic E-state index is 0.182. The SMILES string of the molecule is COC1(C)OC2CC(O)C(O)CC2O1. The maximum atomic E-state index is 9.44. The van der Waals surface area contributed by atoms with Crippen molar-refractivity contribution in [2.24, 2.45) is 0 Å². The van der Waals surface area contributed by atoms with Gasteiger partial charge in [-0.2, -0.15) is 0 Å². The summed E-state index contributed by atoms with van der Waals surface area (Å²) >= 11 is 0. The van der Waals surface area contributed by atoms with Crippen molar-refractivity contribution in [1.29, 1.82) is 0 Å². The monoisotopic (exact) mass is 204 g/mol. The average Bonchev–Trinajstić information content (AvgIpc) is 2.43. The zero-order chi connectivity index (χ0) is 10.3. The van der Waals surface area contributed by atoms with Gasteiger partial charge in [-0.3, -0.25) is 0 Å². The van der Waals surface area contributed by atoms with Gasteiger partial charge in [-0.05, 0) is 0 Å². The fraction of sp³-hybridized carbons (Fsp3) is 1.00. The highest BCUT2D eigenvalue weighted by molar-refractivity contribution is 4.91. The molecule has 0 aromatic heterocycles. The normalized spacial score (nSPS) is 53.1. The summed E-state index contributed by atoms with van der Waals surface area (Å²) in [5.74, 6) is -1.03. The standard InChI is InChI=1S/C9H16O5/c1-9(12-2)13-7-3-5(10)6(11)4-8(7)14-9/h5-8,10-11H,3-4H2,1-2H3. The van der Waals surface area contributed by atoms with Crippen LogP contribution in [0.1, 0.15) is 19.8 Å². The number of aliphatic hydroxyl groups is 2. The quantitative estimate of drug-likeness (QED) is 0.608. The van der Waals surface area contributed by atoms with E-state index >= 15 is 0 Å². The van der Waals surface area contributed by atoms with Gasteiger partial charge in [0.1, 0.15) is 0 Å². The van der Waals surface area contributed by atoms with E-state index in [9.17, 15) is 10.2 Å². The summed E-state index contributed by atoms with van der Waals surface area (Å²) < 4.78 is 16.1. The van der Waals surface area contributed by atoms with Crippen LogP contribution in [0.5, 0.6) is 0 Å². The van der Waals surface area contributed by atoms with Crippen molar-refractivity contribution >= 4 is 0 Å². The summed E-state index contributed by atoms with van der Waals surface area (Å²) in [6.07, 6.45) is -1.02. The van der Waals surface area contributed by atoms with Crippen LogP contribution in [0.3, 0.4) is 0 Å². The Morgan fingerprint density at radius 3 is 1.93 bits per heavy atom. The van der Waals surface area contributed by atoms with Crippen molar-refractivity contribution in [2.45, 2.75) is 50.2 Å². The van der Waals surface area contributed by atoms with Gasteiger partial charge in [0.25, 0.3) is 5.97 Å². The average molecular weight is 204 g/mol. The van der Waals surface area contributed by atoms with Crippen molar-refractivity contribution in [3.63, 3.8) is 0 Å². The summed E-state index contributed by atoms with van der Waals surface area (Å²) in [6, 6.07) is 0. The van der Waals surface area contributed by atoms with Gasteiger partial charge >= 0.3 is 0 Å². The van der Waals surface area contributed by atoms with Gasteiger partial charge in [0, 0.05) is 26.9 Å². The highest BCUT2D eigenvalue weighted by Gasteiger charge is 2.49. The van der Waals surface area contributed by atoms with Crippen LogP contribution in [-0.2, 0) is 14.2 Å². The molecule has 0 radical (unpaired) electrons. The second kappa shape index (κ2) is 3.43. The fourth-order valence-corrected chi connectivity index (χ4v) is 2.02. The number of hydrogen-bond acceptors (Lipinski definition) is 5. The molecule has 0 aromatic carbocycles. The Morgan fingerprint density at radius 1 is 1.14 bits per heavy atom. The summed E-state index contributed by atoms with van der Waals surface area (Å²) in [6.45, 7) is 1.68. The molecule has 1 aliphatic heterocycles. The van der Waals surface area contributed by atoms with E-state index in [-0.39, 0.29) is 12.2 Å². The summed E-state index contributed by atoms with van der Waals surface area (Å²) in [4.78, 5) is 0. The van der Waals surface area contributed by atoms with Crippen LogP contribution in [-0.4, -0.2) is 47.7 Å². The predicted octanol–water partition coefficient (Wildman–Crippen LogP) is -0.394. The lowest BCUT2D eigenvalue weighted by molar-refractivity contribution is -0.318. The highest BCUT2D eigenvalue weighted by Crippen LogP contribution is 2.37. The van der Waals surface area contributed by atoms with Gasteiger partial charge in [0.15, 0.2) is 0 Å². The second-order valence-corrected chi connectivity index (χ2v) is 3.99. The van der Waals surface area contributed by atoms with Crippen LogP contribution in [0.4, 0.5) is 0 Å². The molecule has 1 saturated heterocycles. The van der Waals surface area contributed by atoms with E-state index in [0.29, 0.717) is 12.8 Å². The molecule has 4 unspecified atom stereocenters. The number of hydrogen-bond donors (Lipinski definition) is 2. The first kappa shape index (κ1) is 10.3. The summed E-state index contributed by atoms with van der Waals surface area (Å²) in [5, 5.41) is 18.9. The number of fused-ring (bicyclic) bond motifs is 1. The molecule has 2 aliphatic rings. The third-order valence-electron chi connectivity index (χ3n) is 2.91. The lowest BCUT2D eigenvalue weighted by Crippen LogP contribution is -2.43. The third-order valence-corrected chi connectivity index (χ3v) is 2.91. The minimum atomic E-state index is -1.03. The van der Waals surface area contributed by atoms with Crippen LogP contribution in [0.2, 0.25) is 0 Å². The van der Waals surface area contributed by atoms with Crippen LogP contribution in [0.25, 0.3) is 0 Å². The maximum absolute atomic E-state index is 9.44. The number of aliphatic hydroxyl groups excluding tert-OH is 2. The van der Waals surface area contributed by atoms with E-state index in [1.165, 1.54) is 7.11 Å². The number of ether oxygens (including phenoxy) is 3. The van der Waals surface area contributed by atoms with E-state index < -0.39 is 18.2 Å². The topological polar surface area (TPSA) is 68.2 Å². The Hall–Kier alpha value is -0.200. The molecule has 14 heavy (non-hydrogen) atoms. The van der Waals surface area contributed by atoms with E-state index in [4.69, 9.17) is 14.2 Å². The highest BCUT2D eigenvalue weighted by atomic mass is 16.9. The Kier molecular flexibility index (Phi) is 2.53. The molecule has 4 atom stereocenters. The number of methoxy groups -OCH3 is 1. The molecule has 0 amide bonds. The Balaban J connectivity index is 2.05. The van der Waals surface area contributed by atoms with Gasteiger partial charge < -0.3 is 24.4 Å². The largest absolute Gasteiger partial charge is 0.390 e. The van der Waals surface area contributed by atoms with Crippen LogP contribution in [0, 0.1) is 0 Å². The van der Waals surface area contributed by atoms with Crippen LogP contribution < -0.4 is 0 Å². The molecular formula is C9H16O5. The molecule has 2 rings (SSSR count). The van der Waals surface area contributed by atoms with Crippen molar-refractivity contribution in [3.05, 3.63) is 0 Å². The molecule has 1 saturated carbocycles. The summed E-state index contributed by atoms with van der Waals surface area (Å²) in [7, 11) is 1.50. The Morgan fingerprint density at radius 2 is 1.57 bits per heavy atom. The Labute approximate surface area is 82.6 Å². The van der Waals surface area contributed by atoms with E-state index in [1.54, 1.807) is 6.92 Å². The molecule has 5 nitrogen and oxygen atoms in total. The molecule has 82 valence electrons. The molecule has 0 bridgehead atoms. The lowest BCUT2D eigenvalue weighted by Gasteiger charge is -2.30. The fourth-order valence-electron chi connectivity index (χ4n) is 2.02. The van der Waals surface area contributed by atoms with Gasteiger partial charge in [0.2, 0.25) is 0 Å². The molecule has 1 aliphatic carbocycles. The Bertz CT molecular complexity index is 201. The predicted molar refractivity (Wildman–Crippen MR) is 46.4 cm³/mol. The first-order valence-corrected chi connectivity index (χ1v) is 4.81. The molecule has 5 heteroatoms. The smallest absolute Gasteiger partial charge is 0.280 e. The summed E-state index contributed by atoms with van der Waals surface area (Å²) in [5.41, 5.74) is 0.